The molecule has 2 rings (SSSR count). The van der Waals surface area contributed by atoms with Crippen LogP contribution < -0.4 is 11.1 Å². The number of hydrogen-bond acceptors (Lipinski definition) is 4. The van der Waals surface area contributed by atoms with Gasteiger partial charge in [0.1, 0.15) is 0 Å². The third-order valence-corrected chi connectivity index (χ3v) is 5.67. The molecule has 1 aliphatic heterocycles. The molecule has 1 amide bonds. The molecule has 0 spiro atoms. The van der Waals surface area contributed by atoms with Gasteiger partial charge in [0.05, 0.1) is 0 Å². The highest BCUT2D eigenvalue weighted by molar-refractivity contribution is 7.99. The Morgan fingerprint density at radius 3 is 2.72 bits per heavy atom. The number of anilines is 1. The van der Waals surface area contributed by atoms with Crippen LogP contribution in [0.2, 0.25) is 0 Å². The molecule has 1 saturated heterocycles. The number of rotatable bonds is 10. The first-order valence-corrected chi connectivity index (χ1v) is 10.1. The molecule has 25 heavy (non-hydrogen) atoms. The van der Waals surface area contributed by atoms with E-state index in [0.717, 1.165) is 69.7 Å². The fraction of sp³-hybridized carbons (Fsp3) is 0.632. The number of unbranched alkanes of at least 4 members (excludes halogenated alkanes) is 3. The molecule has 1 aromatic carbocycles. The highest BCUT2D eigenvalue weighted by Gasteiger charge is 2.14. The molecule has 4 nitrogen and oxygen atoms in total. The first kappa shape index (κ1) is 22.3. The van der Waals surface area contributed by atoms with Crippen molar-refractivity contribution in [1.29, 1.82) is 0 Å². The van der Waals surface area contributed by atoms with Crippen LogP contribution in [0.3, 0.4) is 0 Å². The summed E-state index contributed by atoms with van der Waals surface area (Å²) in [5.74, 6) is 1.10. The summed E-state index contributed by atoms with van der Waals surface area (Å²) >= 11 is 2.00. The number of halogens is 1. The molecule has 0 aliphatic carbocycles. The van der Waals surface area contributed by atoms with E-state index in [1.807, 2.05) is 23.9 Å². The first-order valence-electron chi connectivity index (χ1n) is 9.06. The Morgan fingerprint density at radius 1 is 1.20 bits per heavy atom. The van der Waals surface area contributed by atoms with E-state index in [1.165, 1.54) is 5.56 Å². The summed E-state index contributed by atoms with van der Waals surface area (Å²) in [7, 11) is 0. The average Bonchev–Trinajstić information content (AvgIpc) is 2.61. The summed E-state index contributed by atoms with van der Waals surface area (Å²) in [6.07, 6.45) is 7.05. The van der Waals surface area contributed by atoms with Crippen molar-refractivity contribution in [2.75, 3.05) is 25.1 Å². The number of benzene rings is 1. The Labute approximate surface area is 162 Å². The summed E-state index contributed by atoms with van der Waals surface area (Å²) in [6, 6.07) is 8.22. The lowest BCUT2D eigenvalue weighted by Gasteiger charge is -2.21. The Morgan fingerprint density at radius 2 is 1.96 bits per heavy atom. The molecule has 1 heterocycles. The topological polar surface area (TPSA) is 64.4 Å². The zero-order valence-electron chi connectivity index (χ0n) is 14.9. The van der Waals surface area contributed by atoms with Crippen LogP contribution in [0.25, 0.3) is 0 Å². The van der Waals surface area contributed by atoms with Crippen molar-refractivity contribution in [2.45, 2.75) is 55.9 Å². The lowest BCUT2D eigenvalue weighted by molar-refractivity contribution is -0.116. The molecule has 142 valence electrons. The van der Waals surface area contributed by atoms with Crippen LogP contribution in [0.4, 0.5) is 5.69 Å². The van der Waals surface area contributed by atoms with Gasteiger partial charge in [0.25, 0.3) is 0 Å². The Hall–Kier alpha value is -0.750. The van der Waals surface area contributed by atoms with Gasteiger partial charge in [0.2, 0.25) is 5.91 Å². The average molecular weight is 387 g/mol. The van der Waals surface area contributed by atoms with E-state index in [-0.39, 0.29) is 18.3 Å². The lowest BCUT2D eigenvalue weighted by Crippen LogP contribution is -2.17. The van der Waals surface area contributed by atoms with E-state index in [1.54, 1.807) is 0 Å². The lowest BCUT2D eigenvalue weighted by atomic mass is 10.1. The van der Waals surface area contributed by atoms with E-state index >= 15 is 0 Å². The molecule has 1 aliphatic rings. The second-order valence-corrected chi connectivity index (χ2v) is 7.61. The molecule has 0 radical (unpaired) electrons. The van der Waals surface area contributed by atoms with Crippen LogP contribution >= 0.6 is 24.2 Å². The normalized spacial score (nSPS) is 14.8. The molecule has 1 fully saturated rings. The number of thioether (sulfide) groups is 1. The quantitative estimate of drug-likeness (QED) is 0.586. The largest absolute Gasteiger partial charge is 0.381 e. The van der Waals surface area contributed by atoms with Crippen molar-refractivity contribution in [3.8, 4) is 0 Å². The third-order valence-electron chi connectivity index (χ3n) is 4.22. The van der Waals surface area contributed by atoms with Crippen molar-refractivity contribution >= 4 is 35.8 Å². The van der Waals surface area contributed by atoms with Crippen LogP contribution in [0.1, 0.15) is 50.5 Å². The van der Waals surface area contributed by atoms with Gasteiger partial charge in [-0.1, -0.05) is 25.0 Å². The van der Waals surface area contributed by atoms with E-state index < -0.39 is 0 Å². The number of hydrogen-bond donors (Lipinski definition) is 2. The fourth-order valence-corrected chi connectivity index (χ4v) is 3.94. The molecule has 0 unspecified atom stereocenters. The molecular weight excluding hydrogens is 356 g/mol. The Kier molecular flexibility index (Phi) is 12.0. The predicted octanol–water partition coefficient (Wildman–Crippen LogP) is 4.37. The van der Waals surface area contributed by atoms with Crippen LogP contribution in [-0.2, 0) is 15.3 Å². The second-order valence-electron chi connectivity index (χ2n) is 6.32. The van der Waals surface area contributed by atoms with Crippen molar-refractivity contribution < 1.29 is 9.53 Å². The molecular formula is C19H31ClN2O2S. The van der Waals surface area contributed by atoms with Crippen molar-refractivity contribution in [3.63, 3.8) is 0 Å². The Balaban J connectivity index is 0.00000312. The maximum Gasteiger partial charge on any atom is 0.224 e. The number of carbonyl (C=O) groups is 1. The smallest absolute Gasteiger partial charge is 0.224 e. The summed E-state index contributed by atoms with van der Waals surface area (Å²) in [4.78, 5) is 12.0. The SMILES string of the molecule is Cl.NCCCCCCC(=O)Nc1cccc(CSC2CCOCC2)c1. The maximum atomic E-state index is 12.0. The molecule has 0 bridgehead atoms. The number of nitrogens with two attached hydrogens (primary N) is 1. The standard InChI is InChI=1S/C19H30N2O2S.ClH/c20-11-4-2-1-3-8-19(22)21-17-7-5-6-16(14-17)15-24-18-9-12-23-13-10-18;/h5-7,14,18H,1-4,8-13,15,20H2,(H,21,22);1H. The Bertz CT molecular complexity index is 496. The second kappa shape index (κ2) is 13.5. The van der Waals surface area contributed by atoms with Gasteiger partial charge >= 0.3 is 0 Å². The number of nitrogens with one attached hydrogen (secondary N) is 1. The molecule has 3 N–H and O–H groups in total. The third kappa shape index (κ3) is 9.50. The van der Waals surface area contributed by atoms with Crippen molar-refractivity contribution in [1.82, 2.24) is 0 Å². The molecule has 0 atom stereocenters. The van der Waals surface area contributed by atoms with Gasteiger partial charge in [0.15, 0.2) is 0 Å². The predicted molar refractivity (Wildman–Crippen MR) is 110 cm³/mol. The number of carbonyl (C=O) groups excluding carboxylic acids is 1. The van der Waals surface area contributed by atoms with Gasteiger partial charge in [-0.25, -0.2) is 0 Å². The molecule has 1 aromatic rings. The zero-order chi connectivity index (χ0) is 17.0. The highest BCUT2D eigenvalue weighted by atomic mass is 35.5. The van der Waals surface area contributed by atoms with Crippen molar-refractivity contribution in [3.05, 3.63) is 29.8 Å². The minimum Gasteiger partial charge on any atom is -0.381 e. The zero-order valence-corrected chi connectivity index (χ0v) is 16.5. The van der Waals surface area contributed by atoms with Crippen molar-refractivity contribution in [2.24, 2.45) is 5.73 Å². The van der Waals surface area contributed by atoms with Gasteiger partial charge in [-0.2, -0.15) is 11.8 Å². The maximum absolute atomic E-state index is 12.0. The molecule has 6 heteroatoms. The number of amides is 1. The number of ether oxygens (including phenoxy) is 1. The van der Waals surface area contributed by atoms with Gasteiger partial charge < -0.3 is 15.8 Å². The van der Waals surface area contributed by atoms with Gasteiger partial charge in [-0.3, -0.25) is 4.79 Å². The summed E-state index contributed by atoms with van der Waals surface area (Å²) < 4.78 is 5.40. The van der Waals surface area contributed by atoms with Gasteiger partial charge in [-0.15, -0.1) is 12.4 Å². The van der Waals surface area contributed by atoms with Crippen LogP contribution in [0, 0.1) is 0 Å². The summed E-state index contributed by atoms with van der Waals surface area (Å²) in [6.45, 7) is 2.52. The van der Waals surface area contributed by atoms with E-state index in [9.17, 15) is 4.79 Å². The minimum absolute atomic E-state index is 0. The van der Waals surface area contributed by atoms with Gasteiger partial charge in [0, 0.05) is 36.3 Å². The first-order chi connectivity index (χ1) is 11.8. The minimum atomic E-state index is 0. The van der Waals surface area contributed by atoms with Crippen LogP contribution in [-0.4, -0.2) is 30.9 Å². The fourth-order valence-electron chi connectivity index (χ4n) is 2.80. The molecule has 0 saturated carbocycles. The van der Waals surface area contributed by atoms with Gasteiger partial charge in [-0.05, 0) is 49.9 Å². The summed E-state index contributed by atoms with van der Waals surface area (Å²) in [5.41, 5.74) is 7.65. The summed E-state index contributed by atoms with van der Waals surface area (Å²) in [5, 5.41) is 3.72. The van der Waals surface area contributed by atoms with Crippen LogP contribution in [0.5, 0.6) is 0 Å². The van der Waals surface area contributed by atoms with E-state index in [0.29, 0.717) is 11.7 Å². The van der Waals surface area contributed by atoms with E-state index in [2.05, 4.69) is 17.4 Å². The highest BCUT2D eigenvalue weighted by Crippen LogP contribution is 2.26. The molecule has 0 aromatic heterocycles. The monoisotopic (exact) mass is 386 g/mol. The van der Waals surface area contributed by atoms with E-state index in [4.69, 9.17) is 10.5 Å². The van der Waals surface area contributed by atoms with Crippen LogP contribution in [0.15, 0.2) is 24.3 Å².